The zero-order valence-corrected chi connectivity index (χ0v) is 20.9. The van der Waals surface area contributed by atoms with Crippen LogP contribution in [0.1, 0.15) is 33.1 Å². The smallest absolute Gasteiger partial charge is 0.297 e. The summed E-state index contributed by atoms with van der Waals surface area (Å²) in [6.07, 6.45) is 0.682. The third-order valence-corrected chi connectivity index (χ3v) is 6.98. The molecule has 1 aliphatic rings. The molecule has 0 spiro atoms. The molecule has 2 aromatic heterocycles. The van der Waals surface area contributed by atoms with E-state index in [1.165, 1.54) is 4.57 Å². The van der Waals surface area contributed by atoms with Gasteiger partial charge in [-0.1, -0.05) is 48.5 Å². The van der Waals surface area contributed by atoms with Crippen LogP contribution in [0.5, 0.6) is 5.75 Å². The van der Waals surface area contributed by atoms with Gasteiger partial charge in [-0.15, -0.1) is 0 Å². The number of para-hydroxylation sites is 2. The Morgan fingerprint density at radius 2 is 1.82 bits per heavy atom. The maximum Gasteiger partial charge on any atom is 0.297 e. The van der Waals surface area contributed by atoms with Crippen molar-refractivity contribution in [3.05, 3.63) is 105 Å². The summed E-state index contributed by atoms with van der Waals surface area (Å²) < 4.78 is 7.19. The molecular weight excluding hydrogens is 482 g/mol. The van der Waals surface area contributed by atoms with Gasteiger partial charge >= 0.3 is 0 Å². The first-order chi connectivity index (χ1) is 18.5. The lowest BCUT2D eigenvalue weighted by atomic mass is 9.87. The number of anilines is 1. The van der Waals surface area contributed by atoms with Crippen molar-refractivity contribution in [2.45, 2.75) is 12.5 Å². The summed E-state index contributed by atoms with van der Waals surface area (Å²) in [5, 5.41) is 13.5. The number of rotatable bonds is 4. The molecule has 3 heterocycles. The second-order valence-electron chi connectivity index (χ2n) is 9.21. The lowest BCUT2D eigenvalue weighted by Crippen LogP contribution is -2.40. The second-order valence-corrected chi connectivity index (χ2v) is 9.21. The number of nitrogens with zero attached hydrogens (tertiary/aromatic N) is 4. The highest BCUT2D eigenvalue weighted by molar-refractivity contribution is 5.94. The van der Waals surface area contributed by atoms with Crippen LogP contribution in [0.15, 0.2) is 82.0 Å². The van der Waals surface area contributed by atoms with Gasteiger partial charge < -0.3 is 19.7 Å². The first-order valence-corrected chi connectivity index (χ1v) is 12.3. The van der Waals surface area contributed by atoms with Gasteiger partial charge in [0.1, 0.15) is 5.52 Å². The molecule has 38 heavy (non-hydrogen) atoms. The Labute approximate surface area is 218 Å². The molecule has 0 fully saturated rings. The van der Waals surface area contributed by atoms with Gasteiger partial charge in [0.15, 0.2) is 11.3 Å². The third-order valence-electron chi connectivity index (χ3n) is 6.98. The summed E-state index contributed by atoms with van der Waals surface area (Å²) >= 11 is 0. The molecule has 2 N–H and O–H groups in total. The number of nitrogens with one attached hydrogen (secondary N) is 1. The minimum absolute atomic E-state index is 0.0176. The molecule has 9 heteroatoms. The van der Waals surface area contributed by atoms with Gasteiger partial charge in [-0.25, -0.2) is 9.97 Å². The lowest BCUT2D eigenvalue weighted by Gasteiger charge is -2.39. The number of fused-ring (bicyclic) bond motifs is 2. The van der Waals surface area contributed by atoms with E-state index in [-0.39, 0.29) is 23.5 Å². The molecule has 1 aliphatic heterocycles. The first-order valence-electron chi connectivity index (χ1n) is 12.3. The van der Waals surface area contributed by atoms with Gasteiger partial charge in [0.05, 0.1) is 6.04 Å². The van der Waals surface area contributed by atoms with Crippen molar-refractivity contribution in [2.24, 2.45) is 7.05 Å². The number of benzene rings is 3. The Bertz CT molecular complexity index is 1710. The summed E-state index contributed by atoms with van der Waals surface area (Å²) in [4.78, 5) is 36.9. The van der Waals surface area contributed by atoms with Gasteiger partial charge in [-0.05, 0) is 47.4 Å². The van der Waals surface area contributed by atoms with Crippen LogP contribution in [0.4, 0.5) is 5.95 Å². The fourth-order valence-corrected chi connectivity index (χ4v) is 5.07. The summed E-state index contributed by atoms with van der Waals surface area (Å²) in [5.74, 6) is -0.281. The van der Waals surface area contributed by atoms with E-state index in [9.17, 15) is 14.7 Å². The van der Waals surface area contributed by atoms with E-state index in [4.69, 9.17) is 9.40 Å². The second kappa shape index (κ2) is 9.19. The van der Waals surface area contributed by atoms with Crippen molar-refractivity contribution in [1.29, 1.82) is 0 Å². The number of aromatic nitrogens is 3. The van der Waals surface area contributed by atoms with Crippen molar-refractivity contribution in [3.8, 4) is 17.3 Å². The standard InChI is InChI=1S/C29H25N5O4/c1-30-26(36)19-13-12-17-14-15-34(24(20(17)16-19)18-8-4-3-5-9-18)29-32-23(25(35)28(37)33(29)2)27-31-21-10-6-7-11-22(21)38-27/h3-13,16,24,35H,14-15H2,1-2H3,(H,30,36)/t24-/m0/s1. The number of hydrogen-bond acceptors (Lipinski definition) is 7. The predicted octanol–water partition coefficient (Wildman–Crippen LogP) is 3.81. The highest BCUT2D eigenvalue weighted by atomic mass is 16.4. The van der Waals surface area contributed by atoms with Crippen molar-refractivity contribution in [3.63, 3.8) is 0 Å². The first kappa shape index (κ1) is 23.5. The summed E-state index contributed by atoms with van der Waals surface area (Å²) in [6.45, 7) is 0.559. The molecular formula is C29H25N5O4. The molecule has 0 radical (unpaired) electrons. The summed E-state index contributed by atoms with van der Waals surface area (Å²) in [5.41, 5.74) is 4.10. The minimum atomic E-state index is -0.607. The fourth-order valence-electron chi connectivity index (χ4n) is 5.07. The maximum atomic E-state index is 13.2. The van der Waals surface area contributed by atoms with Gasteiger partial charge in [-0.2, -0.15) is 0 Å². The maximum absolute atomic E-state index is 13.2. The lowest BCUT2D eigenvalue weighted by molar-refractivity contribution is 0.0963. The Morgan fingerprint density at radius 1 is 1.05 bits per heavy atom. The molecule has 190 valence electrons. The fraction of sp³-hybridized carbons (Fsp3) is 0.172. The Hall–Kier alpha value is -4.92. The Morgan fingerprint density at radius 3 is 2.58 bits per heavy atom. The number of hydrogen-bond donors (Lipinski definition) is 2. The Kier molecular flexibility index (Phi) is 5.68. The van der Waals surface area contributed by atoms with Crippen LogP contribution < -0.4 is 15.8 Å². The van der Waals surface area contributed by atoms with Crippen LogP contribution in [-0.2, 0) is 13.5 Å². The summed E-state index contributed by atoms with van der Waals surface area (Å²) in [6, 6.07) is 22.5. The van der Waals surface area contributed by atoms with E-state index < -0.39 is 11.3 Å². The highest BCUT2D eigenvalue weighted by Crippen LogP contribution is 2.39. The molecule has 0 aliphatic carbocycles. The molecule has 0 unspecified atom stereocenters. The number of aromatic hydroxyl groups is 1. The molecule has 6 rings (SSSR count). The minimum Gasteiger partial charge on any atom is -0.501 e. The largest absolute Gasteiger partial charge is 0.501 e. The Balaban J connectivity index is 1.55. The predicted molar refractivity (Wildman–Crippen MR) is 143 cm³/mol. The van der Waals surface area contributed by atoms with Crippen molar-refractivity contribution >= 4 is 23.0 Å². The molecule has 1 amide bonds. The zero-order valence-electron chi connectivity index (χ0n) is 20.9. The van der Waals surface area contributed by atoms with E-state index in [0.717, 1.165) is 16.7 Å². The van der Waals surface area contributed by atoms with Crippen molar-refractivity contribution < 1.29 is 14.3 Å². The number of carbonyl (C=O) groups is 1. The van der Waals surface area contributed by atoms with Gasteiger partial charge in [0, 0.05) is 26.2 Å². The quantitative estimate of drug-likeness (QED) is 0.380. The monoisotopic (exact) mass is 507 g/mol. The van der Waals surface area contributed by atoms with Gasteiger partial charge in [0.25, 0.3) is 17.4 Å². The topological polar surface area (TPSA) is 113 Å². The number of amides is 1. The van der Waals surface area contributed by atoms with E-state index in [1.807, 2.05) is 65.6 Å². The molecule has 1 atom stereocenters. The van der Waals surface area contributed by atoms with Crippen LogP contribution in [0.3, 0.4) is 0 Å². The van der Waals surface area contributed by atoms with E-state index in [0.29, 0.717) is 35.6 Å². The molecule has 3 aromatic carbocycles. The van der Waals surface area contributed by atoms with E-state index in [2.05, 4.69) is 10.3 Å². The normalized spacial score (nSPS) is 14.9. The van der Waals surface area contributed by atoms with E-state index in [1.54, 1.807) is 26.2 Å². The number of oxazole rings is 1. The average molecular weight is 508 g/mol. The van der Waals surface area contributed by atoms with Crippen LogP contribution in [-0.4, -0.2) is 39.1 Å². The van der Waals surface area contributed by atoms with Crippen LogP contribution in [0.25, 0.3) is 22.7 Å². The molecule has 0 saturated heterocycles. The number of carbonyl (C=O) groups excluding carboxylic acids is 1. The highest BCUT2D eigenvalue weighted by Gasteiger charge is 2.33. The summed E-state index contributed by atoms with van der Waals surface area (Å²) in [7, 11) is 3.19. The SMILES string of the molecule is CNC(=O)c1ccc2c(c1)[C@H](c1ccccc1)N(c1nc(-c3nc4ccccc4o3)c(O)c(=O)n1C)CC2. The van der Waals surface area contributed by atoms with Crippen LogP contribution in [0, 0.1) is 0 Å². The molecule has 9 nitrogen and oxygen atoms in total. The van der Waals surface area contributed by atoms with Crippen molar-refractivity contribution in [1.82, 2.24) is 19.9 Å². The average Bonchev–Trinajstić information content (AvgIpc) is 3.39. The third kappa shape index (κ3) is 3.80. The van der Waals surface area contributed by atoms with Crippen LogP contribution >= 0.6 is 0 Å². The molecule has 0 saturated carbocycles. The van der Waals surface area contributed by atoms with Gasteiger partial charge in [0.2, 0.25) is 11.7 Å². The zero-order chi connectivity index (χ0) is 26.4. The van der Waals surface area contributed by atoms with Crippen LogP contribution in [0.2, 0.25) is 0 Å². The van der Waals surface area contributed by atoms with E-state index >= 15 is 0 Å². The van der Waals surface area contributed by atoms with Gasteiger partial charge in [-0.3, -0.25) is 14.2 Å². The van der Waals surface area contributed by atoms with Crippen molar-refractivity contribution in [2.75, 3.05) is 18.5 Å². The molecule has 5 aromatic rings. The molecule has 0 bridgehead atoms.